The molecule has 0 radical (unpaired) electrons. The number of aromatic nitrogens is 3. The molecule has 0 amide bonds. The predicted molar refractivity (Wildman–Crippen MR) is 71.3 cm³/mol. The average Bonchev–Trinajstić information content (AvgIpc) is 2.91. The van der Waals surface area contributed by atoms with E-state index in [0.29, 0.717) is 5.95 Å². The van der Waals surface area contributed by atoms with E-state index in [2.05, 4.69) is 15.5 Å². The SMILES string of the molecule is CNc1nnc(-c2cc3ccc(F)cc3s2)n1C. The molecule has 0 spiro atoms. The van der Waals surface area contributed by atoms with E-state index in [0.717, 1.165) is 20.8 Å². The Hall–Kier alpha value is -1.95. The van der Waals surface area contributed by atoms with Gasteiger partial charge >= 0.3 is 0 Å². The molecule has 3 rings (SSSR count). The third-order valence-corrected chi connectivity index (χ3v) is 3.89. The van der Waals surface area contributed by atoms with Crippen LogP contribution in [0, 0.1) is 5.82 Å². The fraction of sp³-hybridized carbons (Fsp3) is 0.167. The van der Waals surface area contributed by atoms with Crippen molar-refractivity contribution in [1.82, 2.24) is 14.8 Å². The molecule has 3 aromatic rings. The minimum atomic E-state index is -0.218. The number of hydrogen-bond donors (Lipinski definition) is 1. The Labute approximate surface area is 107 Å². The zero-order chi connectivity index (χ0) is 12.7. The summed E-state index contributed by atoms with van der Waals surface area (Å²) in [6, 6.07) is 6.79. The number of hydrogen-bond acceptors (Lipinski definition) is 4. The van der Waals surface area contributed by atoms with Crippen LogP contribution in [0.1, 0.15) is 0 Å². The summed E-state index contributed by atoms with van der Waals surface area (Å²) in [6.07, 6.45) is 0. The van der Waals surface area contributed by atoms with Crippen molar-refractivity contribution < 1.29 is 4.39 Å². The Balaban J connectivity index is 2.16. The van der Waals surface area contributed by atoms with Crippen LogP contribution in [0.2, 0.25) is 0 Å². The van der Waals surface area contributed by atoms with E-state index in [4.69, 9.17) is 0 Å². The van der Waals surface area contributed by atoms with E-state index >= 15 is 0 Å². The maximum atomic E-state index is 13.1. The Morgan fingerprint density at radius 2 is 2.11 bits per heavy atom. The van der Waals surface area contributed by atoms with Gasteiger partial charge in [-0.05, 0) is 23.6 Å². The van der Waals surface area contributed by atoms with E-state index in [9.17, 15) is 4.39 Å². The van der Waals surface area contributed by atoms with Gasteiger partial charge in [0.05, 0.1) is 4.88 Å². The van der Waals surface area contributed by atoms with Crippen LogP contribution in [0.25, 0.3) is 20.8 Å². The topological polar surface area (TPSA) is 42.7 Å². The summed E-state index contributed by atoms with van der Waals surface area (Å²) in [6.45, 7) is 0. The zero-order valence-electron chi connectivity index (χ0n) is 9.94. The van der Waals surface area contributed by atoms with E-state index < -0.39 is 0 Å². The summed E-state index contributed by atoms with van der Waals surface area (Å²) in [4.78, 5) is 0.979. The normalized spacial score (nSPS) is 11.1. The molecule has 0 saturated carbocycles. The van der Waals surface area contributed by atoms with Crippen LogP contribution in [-0.4, -0.2) is 21.8 Å². The van der Waals surface area contributed by atoms with E-state index in [-0.39, 0.29) is 5.82 Å². The third-order valence-electron chi connectivity index (χ3n) is 2.80. The van der Waals surface area contributed by atoms with Gasteiger partial charge in [-0.3, -0.25) is 4.57 Å². The van der Waals surface area contributed by atoms with Crippen molar-refractivity contribution in [3.8, 4) is 10.7 Å². The molecule has 0 aliphatic rings. The van der Waals surface area contributed by atoms with Gasteiger partial charge in [0.25, 0.3) is 0 Å². The standard InChI is InChI=1S/C12H11FN4S/c1-14-12-16-15-11(17(12)2)10-5-7-3-4-8(13)6-9(7)18-10/h3-6H,1-2H3,(H,14,16). The minimum absolute atomic E-state index is 0.218. The Morgan fingerprint density at radius 1 is 1.28 bits per heavy atom. The van der Waals surface area contributed by atoms with Crippen LogP contribution in [0.3, 0.4) is 0 Å². The number of rotatable bonds is 2. The zero-order valence-corrected chi connectivity index (χ0v) is 10.8. The van der Waals surface area contributed by atoms with Gasteiger partial charge in [0.15, 0.2) is 5.82 Å². The van der Waals surface area contributed by atoms with E-state index in [1.54, 1.807) is 19.2 Å². The largest absolute Gasteiger partial charge is 0.357 e. The Kier molecular flexibility index (Phi) is 2.52. The molecule has 1 aromatic carbocycles. The first-order valence-corrected chi connectivity index (χ1v) is 6.27. The van der Waals surface area contributed by atoms with Gasteiger partial charge in [-0.25, -0.2) is 4.39 Å². The van der Waals surface area contributed by atoms with Gasteiger partial charge in [0.2, 0.25) is 5.95 Å². The molecule has 1 N–H and O–H groups in total. The van der Waals surface area contributed by atoms with Crippen molar-refractivity contribution in [3.63, 3.8) is 0 Å². The maximum Gasteiger partial charge on any atom is 0.224 e. The lowest BCUT2D eigenvalue weighted by atomic mass is 10.2. The molecule has 2 aromatic heterocycles. The quantitative estimate of drug-likeness (QED) is 0.772. The number of anilines is 1. The minimum Gasteiger partial charge on any atom is -0.357 e. The van der Waals surface area contributed by atoms with Crippen LogP contribution in [-0.2, 0) is 7.05 Å². The fourth-order valence-corrected chi connectivity index (χ4v) is 2.98. The van der Waals surface area contributed by atoms with Gasteiger partial charge in [-0.2, -0.15) is 0 Å². The summed E-state index contributed by atoms with van der Waals surface area (Å²) >= 11 is 1.51. The number of fused-ring (bicyclic) bond motifs is 1. The van der Waals surface area contributed by atoms with E-state index in [1.807, 2.05) is 17.7 Å². The molecule has 0 unspecified atom stereocenters. The second-order valence-electron chi connectivity index (χ2n) is 3.95. The average molecular weight is 262 g/mol. The lowest BCUT2D eigenvalue weighted by Gasteiger charge is -1.99. The lowest BCUT2D eigenvalue weighted by molar-refractivity contribution is 0.630. The van der Waals surface area contributed by atoms with Crippen molar-refractivity contribution in [1.29, 1.82) is 0 Å². The van der Waals surface area contributed by atoms with Crippen LogP contribution in [0.5, 0.6) is 0 Å². The molecule has 92 valence electrons. The molecule has 4 nitrogen and oxygen atoms in total. The van der Waals surface area contributed by atoms with Crippen molar-refractivity contribution >= 4 is 27.4 Å². The molecular weight excluding hydrogens is 251 g/mol. The molecule has 0 saturated heterocycles. The summed E-state index contributed by atoms with van der Waals surface area (Å²) in [7, 11) is 3.69. The molecule has 0 bridgehead atoms. The molecule has 0 atom stereocenters. The van der Waals surface area contributed by atoms with Gasteiger partial charge in [0.1, 0.15) is 5.82 Å². The highest BCUT2D eigenvalue weighted by Crippen LogP contribution is 2.33. The summed E-state index contributed by atoms with van der Waals surface area (Å²) in [5, 5.41) is 12.2. The van der Waals surface area contributed by atoms with Crippen molar-refractivity contribution in [3.05, 3.63) is 30.1 Å². The third kappa shape index (κ3) is 1.65. The van der Waals surface area contributed by atoms with Gasteiger partial charge in [-0.1, -0.05) is 6.07 Å². The van der Waals surface area contributed by atoms with Crippen LogP contribution < -0.4 is 5.32 Å². The Morgan fingerprint density at radius 3 is 2.83 bits per heavy atom. The molecule has 0 fully saturated rings. The first-order valence-electron chi connectivity index (χ1n) is 5.45. The maximum absolute atomic E-state index is 13.1. The summed E-state index contributed by atoms with van der Waals surface area (Å²) in [5.41, 5.74) is 0. The molecule has 6 heteroatoms. The fourth-order valence-electron chi connectivity index (χ4n) is 1.88. The highest BCUT2D eigenvalue weighted by molar-refractivity contribution is 7.22. The number of halogens is 1. The first-order chi connectivity index (χ1) is 8.69. The van der Waals surface area contributed by atoms with E-state index in [1.165, 1.54) is 17.4 Å². The first kappa shape index (κ1) is 11.2. The Bertz CT molecular complexity index is 716. The van der Waals surface area contributed by atoms with Crippen molar-refractivity contribution in [2.24, 2.45) is 7.05 Å². The number of thiophene rings is 1. The van der Waals surface area contributed by atoms with Gasteiger partial charge in [0, 0.05) is 18.8 Å². The number of nitrogens with zero attached hydrogens (tertiary/aromatic N) is 3. The van der Waals surface area contributed by atoms with Crippen LogP contribution in [0.15, 0.2) is 24.3 Å². The molecule has 0 aliphatic heterocycles. The summed E-state index contributed by atoms with van der Waals surface area (Å²) in [5.74, 6) is 1.26. The smallest absolute Gasteiger partial charge is 0.224 e. The summed E-state index contributed by atoms with van der Waals surface area (Å²) < 4.78 is 15.9. The number of nitrogens with one attached hydrogen (secondary N) is 1. The highest BCUT2D eigenvalue weighted by Gasteiger charge is 2.12. The molecule has 2 heterocycles. The molecule has 18 heavy (non-hydrogen) atoms. The van der Waals surface area contributed by atoms with Gasteiger partial charge < -0.3 is 5.32 Å². The van der Waals surface area contributed by atoms with Crippen LogP contribution in [0.4, 0.5) is 10.3 Å². The van der Waals surface area contributed by atoms with Gasteiger partial charge in [-0.15, -0.1) is 21.5 Å². The second-order valence-corrected chi connectivity index (χ2v) is 5.03. The molecule has 0 aliphatic carbocycles. The van der Waals surface area contributed by atoms with Crippen molar-refractivity contribution in [2.75, 3.05) is 12.4 Å². The highest BCUT2D eigenvalue weighted by atomic mass is 32.1. The molecular formula is C12H11FN4S. The second kappa shape index (κ2) is 4.06. The van der Waals surface area contributed by atoms with Crippen molar-refractivity contribution in [2.45, 2.75) is 0 Å². The van der Waals surface area contributed by atoms with Crippen LogP contribution >= 0.6 is 11.3 Å². The monoisotopic (exact) mass is 262 g/mol. The predicted octanol–water partition coefficient (Wildman–Crippen LogP) is 2.88. The number of benzene rings is 1. The lowest BCUT2D eigenvalue weighted by Crippen LogP contribution is -1.98.